The van der Waals surface area contributed by atoms with Crippen LogP contribution in [0.3, 0.4) is 0 Å². The number of aromatic amines is 1. The average molecular weight is 311 g/mol. The summed E-state index contributed by atoms with van der Waals surface area (Å²) in [6, 6.07) is 5.25. The molecule has 0 fully saturated rings. The molecule has 2 aromatic rings. The van der Waals surface area contributed by atoms with Crippen LogP contribution in [0.4, 0.5) is 0 Å². The van der Waals surface area contributed by atoms with Crippen molar-refractivity contribution in [2.45, 2.75) is 0 Å². The average Bonchev–Trinajstić information content (AvgIpc) is 2.91. The molecular formula is C12H17N5O3S. The molecule has 0 saturated carbocycles. The molecule has 1 heterocycles. The van der Waals surface area contributed by atoms with E-state index in [9.17, 15) is 13.2 Å². The third kappa shape index (κ3) is 3.57. The second-order valence-corrected chi connectivity index (χ2v) is 6.51. The van der Waals surface area contributed by atoms with Crippen molar-refractivity contribution in [2.24, 2.45) is 0 Å². The first-order chi connectivity index (χ1) is 9.92. The molecule has 0 aliphatic carbocycles. The van der Waals surface area contributed by atoms with Gasteiger partial charge in [-0.3, -0.25) is 4.79 Å². The van der Waals surface area contributed by atoms with Crippen molar-refractivity contribution in [1.29, 1.82) is 0 Å². The van der Waals surface area contributed by atoms with Gasteiger partial charge in [-0.25, -0.2) is 9.71 Å². The molecule has 114 valence electrons. The zero-order valence-corrected chi connectivity index (χ0v) is 12.6. The number of carbonyl (C=O) groups excluding carboxylic acids is 1. The van der Waals surface area contributed by atoms with E-state index in [4.69, 9.17) is 0 Å². The number of H-pyrrole nitrogens is 1. The van der Waals surface area contributed by atoms with Gasteiger partial charge >= 0.3 is 0 Å². The van der Waals surface area contributed by atoms with Crippen molar-refractivity contribution in [2.75, 3.05) is 27.2 Å². The molecule has 21 heavy (non-hydrogen) atoms. The first-order valence-corrected chi connectivity index (χ1v) is 7.73. The summed E-state index contributed by atoms with van der Waals surface area (Å²) in [6.45, 7) is 0.301. The Morgan fingerprint density at radius 3 is 2.81 bits per heavy atom. The number of fused-ring (bicyclic) bond motifs is 1. The lowest BCUT2D eigenvalue weighted by molar-refractivity contribution is 0.0956. The predicted octanol–water partition coefficient (Wildman–Crippen LogP) is -0.311. The van der Waals surface area contributed by atoms with Gasteiger partial charge in [0.2, 0.25) is 0 Å². The molecule has 8 nitrogen and oxygen atoms in total. The summed E-state index contributed by atoms with van der Waals surface area (Å²) in [4.78, 5) is 19.1. The van der Waals surface area contributed by atoms with E-state index in [1.54, 1.807) is 12.1 Å². The predicted molar refractivity (Wildman–Crippen MR) is 79.0 cm³/mol. The number of imidazole rings is 1. The number of amides is 1. The van der Waals surface area contributed by atoms with Crippen LogP contribution >= 0.6 is 0 Å². The topological polar surface area (TPSA) is 107 Å². The Labute approximate surface area is 122 Å². The van der Waals surface area contributed by atoms with Crippen molar-refractivity contribution in [1.82, 2.24) is 24.3 Å². The van der Waals surface area contributed by atoms with Gasteiger partial charge in [0.25, 0.3) is 16.1 Å². The molecule has 0 saturated heterocycles. The number of hydrogen-bond donors (Lipinski definition) is 3. The molecule has 1 aromatic heterocycles. The van der Waals surface area contributed by atoms with E-state index >= 15 is 0 Å². The van der Waals surface area contributed by atoms with Gasteiger partial charge in [-0.1, -0.05) is 6.07 Å². The summed E-state index contributed by atoms with van der Waals surface area (Å²) < 4.78 is 26.4. The van der Waals surface area contributed by atoms with E-state index in [0.29, 0.717) is 11.1 Å². The molecule has 3 N–H and O–H groups in total. The minimum absolute atomic E-state index is 0.114. The molecule has 0 aliphatic heterocycles. The SMILES string of the molecule is CN(C)S(=O)(=O)NCCNC(=O)c1cccc2[nH]cnc12. The number of para-hydroxylation sites is 1. The van der Waals surface area contributed by atoms with Crippen LogP contribution in [-0.2, 0) is 10.2 Å². The number of rotatable bonds is 6. The van der Waals surface area contributed by atoms with Gasteiger partial charge in [-0.15, -0.1) is 0 Å². The second kappa shape index (κ2) is 6.20. The minimum Gasteiger partial charge on any atom is -0.351 e. The van der Waals surface area contributed by atoms with Gasteiger partial charge in [0.1, 0.15) is 5.52 Å². The lowest BCUT2D eigenvalue weighted by Crippen LogP contribution is -2.40. The molecule has 0 radical (unpaired) electrons. The number of nitrogens with zero attached hydrogens (tertiary/aromatic N) is 2. The van der Waals surface area contributed by atoms with Crippen LogP contribution in [0, 0.1) is 0 Å². The van der Waals surface area contributed by atoms with Crippen molar-refractivity contribution < 1.29 is 13.2 Å². The Kier molecular flexibility index (Phi) is 4.56. The Morgan fingerprint density at radius 2 is 2.10 bits per heavy atom. The molecule has 0 atom stereocenters. The van der Waals surface area contributed by atoms with Gasteiger partial charge in [0.05, 0.1) is 17.4 Å². The van der Waals surface area contributed by atoms with Crippen LogP contribution in [-0.4, -0.2) is 55.8 Å². The minimum atomic E-state index is -3.47. The van der Waals surface area contributed by atoms with E-state index in [1.807, 2.05) is 6.07 Å². The van der Waals surface area contributed by atoms with E-state index in [0.717, 1.165) is 9.82 Å². The standard InChI is InChI=1S/C12H17N5O3S/c1-17(2)21(19,20)16-7-6-13-12(18)9-4-3-5-10-11(9)15-8-14-10/h3-5,8,16H,6-7H2,1-2H3,(H,13,18)(H,14,15). The van der Waals surface area contributed by atoms with E-state index in [1.165, 1.54) is 20.4 Å². The number of aromatic nitrogens is 2. The largest absolute Gasteiger partial charge is 0.351 e. The molecule has 2 rings (SSSR count). The third-order valence-corrected chi connectivity index (χ3v) is 4.40. The van der Waals surface area contributed by atoms with Gasteiger partial charge in [-0.05, 0) is 12.1 Å². The molecule has 0 aliphatic rings. The van der Waals surface area contributed by atoms with Crippen molar-refractivity contribution in [3.63, 3.8) is 0 Å². The first kappa shape index (κ1) is 15.4. The van der Waals surface area contributed by atoms with Gasteiger partial charge in [-0.2, -0.15) is 12.7 Å². The van der Waals surface area contributed by atoms with Crippen molar-refractivity contribution in [3.05, 3.63) is 30.1 Å². The van der Waals surface area contributed by atoms with Crippen molar-refractivity contribution in [3.8, 4) is 0 Å². The van der Waals surface area contributed by atoms with Crippen LogP contribution in [0.25, 0.3) is 11.0 Å². The molecule has 9 heteroatoms. The number of carbonyl (C=O) groups is 1. The second-order valence-electron chi connectivity index (χ2n) is 4.54. The maximum absolute atomic E-state index is 12.1. The molecule has 0 bridgehead atoms. The maximum atomic E-state index is 12.1. The van der Waals surface area contributed by atoms with E-state index < -0.39 is 10.2 Å². The molecule has 1 amide bonds. The highest BCUT2D eigenvalue weighted by Crippen LogP contribution is 2.13. The number of nitrogens with one attached hydrogen (secondary N) is 3. The zero-order chi connectivity index (χ0) is 15.5. The Morgan fingerprint density at radius 1 is 1.33 bits per heavy atom. The fourth-order valence-corrected chi connectivity index (χ4v) is 2.35. The van der Waals surface area contributed by atoms with Crippen LogP contribution in [0.2, 0.25) is 0 Å². The van der Waals surface area contributed by atoms with Crippen molar-refractivity contribution >= 4 is 27.1 Å². The molecule has 1 aromatic carbocycles. The smallest absolute Gasteiger partial charge is 0.278 e. The highest BCUT2D eigenvalue weighted by molar-refractivity contribution is 7.87. The van der Waals surface area contributed by atoms with Crippen LogP contribution in [0.5, 0.6) is 0 Å². The van der Waals surface area contributed by atoms with E-state index in [-0.39, 0.29) is 19.0 Å². The fourth-order valence-electron chi connectivity index (χ4n) is 1.73. The van der Waals surface area contributed by atoms with Crippen LogP contribution in [0.15, 0.2) is 24.5 Å². The maximum Gasteiger partial charge on any atom is 0.278 e. The summed E-state index contributed by atoms with van der Waals surface area (Å²) in [7, 11) is -0.612. The lowest BCUT2D eigenvalue weighted by Gasteiger charge is -2.12. The zero-order valence-electron chi connectivity index (χ0n) is 11.8. The van der Waals surface area contributed by atoms with Gasteiger partial charge in [0, 0.05) is 27.2 Å². The van der Waals surface area contributed by atoms with Crippen LogP contribution < -0.4 is 10.0 Å². The molecule has 0 spiro atoms. The Balaban J connectivity index is 1.93. The first-order valence-electron chi connectivity index (χ1n) is 6.29. The summed E-state index contributed by atoms with van der Waals surface area (Å²) in [6.07, 6.45) is 1.52. The van der Waals surface area contributed by atoms with Gasteiger partial charge < -0.3 is 10.3 Å². The lowest BCUT2D eigenvalue weighted by atomic mass is 10.1. The third-order valence-electron chi connectivity index (χ3n) is 2.87. The summed E-state index contributed by atoms with van der Waals surface area (Å²) in [5.74, 6) is -0.295. The molecule has 0 unspecified atom stereocenters. The summed E-state index contributed by atoms with van der Waals surface area (Å²) >= 11 is 0. The summed E-state index contributed by atoms with van der Waals surface area (Å²) in [5, 5.41) is 2.65. The monoisotopic (exact) mass is 311 g/mol. The highest BCUT2D eigenvalue weighted by Gasteiger charge is 2.13. The highest BCUT2D eigenvalue weighted by atomic mass is 32.2. The quantitative estimate of drug-likeness (QED) is 0.636. The normalized spacial score (nSPS) is 12.0. The number of benzene rings is 1. The fraction of sp³-hybridized carbons (Fsp3) is 0.333. The Bertz CT molecular complexity index is 738. The number of hydrogen-bond acceptors (Lipinski definition) is 4. The Hall–Kier alpha value is -1.97. The van der Waals surface area contributed by atoms with E-state index in [2.05, 4.69) is 20.0 Å². The molecular weight excluding hydrogens is 294 g/mol. The van der Waals surface area contributed by atoms with Crippen LogP contribution in [0.1, 0.15) is 10.4 Å². The van der Waals surface area contributed by atoms with Gasteiger partial charge in [0.15, 0.2) is 0 Å². The summed E-state index contributed by atoms with van der Waals surface area (Å²) in [5.41, 5.74) is 1.81.